The number of nitro groups is 2. The Morgan fingerprint density at radius 2 is 1.92 bits per heavy atom. The Morgan fingerprint density at radius 1 is 1.21 bits per heavy atom. The third-order valence-electron chi connectivity index (χ3n) is 6.09. The van der Waals surface area contributed by atoms with Gasteiger partial charge in [0.2, 0.25) is 0 Å². The fraction of sp³-hybridized carbons (Fsp3) is 0.562. The number of hydrazone groups is 1. The van der Waals surface area contributed by atoms with Crippen LogP contribution in [0.2, 0.25) is 0 Å². The number of nitro benzene ring substituents is 2. The van der Waals surface area contributed by atoms with E-state index in [-0.39, 0.29) is 27.9 Å². The summed E-state index contributed by atoms with van der Waals surface area (Å²) in [6, 6.07) is 3.52. The van der Waals surface area contributed by atoms with Gasteiger partial charge in [-0.05, 0) is 36.2 Å². The smallest absolute Gasteiger partial charge is 0.272 e. The molecule has 0 saturated heterocycles. The van der Waals surface area contributed by atoms with Gasteiger partial charge in [-0.3, -0.25) is 25.7 Å². The monoisotopic (exact) mass is 332 g/mol. The molecule has 3 rings (SSSR count). The maximum absolute atomic E-state index is 11.2. The highest BCUT2D eigenvalue weighted by molar-refractivity contribution is 5.92. The van der Waals surface area contributed by atoms with Crippen LogP contribution < -0.4 is 5.43 Å². The molecule has 2 aliphatic rings. The summed E-state index contributed by atoms with van der Waals surface area (Å²) in [5.74, 6) is 0.368. The molecule has 1 aromatic carbocycles. The molecule has 0 aromatic heterocycles. The largest absolute Gasteiger partial charge is 0.301 e. The van der Waals surface area contributed by atoms with Gasteiger partial charge in [0, 0.05) is 17.7 Å². The predicted molar refractivity (Wildman–Crippen MR) is 90.0 cm³/mol. The number of rotatable bonds is 4. The molecule has 1 aromatic rings. The molecule has 0 heterocycles. The molecule has 0 radical (unpaired) electrons. The lowest BCUT2D eigenvalue weighted by molar-refractivity contribution is -0.393. The van der Waals surface area contributed by atoms with E-state index in [0.717, 1.165) is 24.6 Å². The summed E-state index contributed by atoms with van der Waals surface area (Å²) < 4.78 is 0. The van der Waals surface area contributed by atoms with Crippen LogP contribution in [0.4, 0.5) is 17.1 Å². The molecule has 8 nitrogen and oxygen atoms in total. The summed E-state index contributed by atoms with van der Waals surface area (Å²) in [7, 11) is 0. The molecule has 0 amide bonds. The van der Waals surface area contributed by atoms with Crippen LogP contribution in [0, 0.1) is 37.0 Å². The van der Waals surface area contributed by atoms with E-state index in [1.54, 1.807) is 0 Å². The Labute approximate surface area is 139 Å². The van der Waals surface area contributed by atoms with Crippen LogP contribution in [0.5, 0.6) is 0 Å². The number of hydrogen-bond donors (Lipinski definition) is 1. The van der Waals surface area contributed by atoms with E-state index in [4.69, 9.17) is 0 Å². The highest BCUT2D eigenvalue weighted by atomic mass is 16.6. The first-order chi connectivity index (χ1) is 11.2. The van der Waals surface area contributed by atoms with Crippen molar-refractivity contribution in [2.75, 3.05) is 5.43 Å². The zero-order valence-electron chi connectivity index (χ0n) is 13.9. The minimum Gasteiger partial charge on any atom is -0.272 e. The third kappa shape index (κ3) is 2.33. The number of nitrogens with zero attached hydrogens (tertiary/aromatic N) is 3. The predicted octanol–water partition coefficient (Wildman–Crippen LogP) is 4.12. The molecular formula is C16H20N4O4. The first-order valence-electron chi connectivity index (χ1n) is 7.91. The highest BCUT2D eigenvalue weighted by Crippen LogP contribution is 2.64. The molecule has 128 valence electrons. The van der Waals surface area contributed by atoms with Gasteiger partial charge in [-0.1, -0.05) is 20.8 Å². The molecule has 1 N–H and O–H groups in total. The molecule has 24 heavy (non-hydrogen) atoms. The fourth-order valence-corrected chi connectivity index (χ4v) is 4.12. The normalized spacial score (nSPS) is 29.0. The summed E-state index contributed by atoms with van der Waals surface area (Å²) in [5.41, 5.74) is 3.68. The summed E-state index contributed by atoms with van der Waals surface area (Å²) in [6.07, 6.45) is 3.12. The van der Waals surface area contributed by atoms with Gasteiger partial charge in [0.05, 0.1) is 15.9 Å². The van der Waals surface area contributed by atoms with E-state index in [0.29, 0.717) is 5.92 Å². The summed E-state index contributed by atoms with van der Waals surface area (Å²) >= 11 is 0. The maximum atomic E-state index is 11.2. The van der Waals surface area contributed by atoms with E-state index in [1.807, 2.05) is 0 Å². The van der Waals surface area contributed by atoms with Crippen molar-refractivity contribution in [1.29, 1.82) is 0 Å². The van der Waals surface area contributed by atoms with Crippen LogP contribution in [0.15, 0.2) is 23.3 Å². The Morgan fingerprint density at radius 3 is 2.42 bits per heavy atom. The van der Waals surface area contributed by atoms with Gasteiger partial charge < -0.3 is 0 Å². The van der Waals surface area contributed by atoms with E-state index in [9.17, 15) is 20.2 Å². The van der Waals surface area contributed by atoms with Crippen molar-refractivity contribution in [3.63, 3.8) is 0 Å². The van der Waals surface area contributed by atoms with Crippen LogP contribution in [-0.4, -0.2) is 15.6 Å². The molecule has 2 bridgehead atoms. The van der Waals surface area contributed by atoms with E-state index >= 15 is 0 Å². The van der Waals surface area contributed by atoms with Crippen LogP contribution >= 0.6 is 0 Å². The number of non-ortho nitro benzene ring substituents is 1. The second-order valence-corrected chi connectivity index (χ2v) is 7.48. The van der Waals surface area contributed by atoms with Crippen LogP contribution in [0.25, 0.3) is 0 Å². The summed E-state index contributed by atoms with van der Waals surface area (Å²) in [6.45, 7) is 6.77. The number of nitrogens with one attached hydrogen (secondary N) is 1. The van der Waals surface area contributed by atoms with Crippen molar-refractivity contribution in [1.82, 2.24) is 0 Å². The van der Waals surface area contributed by atoms with E-state index in [2.05, 4.69) is 31.3 Å². The average Bonchev–Trinajstić information content (AvgIpc) is 2.85. The first kappa shape index (κ1) is 16.4. The Hall–Kier alpha value is -2.51. The summed E-state index contributed by atoms with van der Waals surface area (Å²) in [4.78, 5) is 20.7. The number of fused-ring (bicyclic) bond motifs is 2. The van der Waals surface area contributed by atoms with Crippen molar-refractivity contribution < 1.29 is 9.85 Å². The molecule has 2 atom stereocenters. The average molecular weight is 332 g/mol. The Bertz CT molecular complexity index is 756. The van der Waals surface area contributed by atoms with Crippen molar-refractivity contribution >= 4 is 22.8 Å². The molecule has 0 unspecified atom stereocenters. The van der Waals surface area contributed by atoms with Gasteiger partial charge in [-0.15, -0.1) is 0 Å². The van der Waals surface area contributed by atoms with Gasteiger partial charge in [-0.25, -0.2) is 0 Å². The first-order valence-corrected chi connectivity index (χ1v) is 7.91. The minimum atomic E-state index is -0.651. The second kappa shape index (κ2) is 5.25. The molecular weight excluding hydrogens is 312 g/mol. The van der Waals surface area contributed by atoms with Gasteiger partial charge in [0.1, 0.15) is 5.69 Å². The molecule has 2 saturated carbocycles. The van der Waals surface area contributed by atoms with Crippen molar-refractivity contribution in [2.24, 2.45) is 21.8 Å². The minimum absolute atomic E-state index is 0.162. The van der Waals surface area contributed by atoms with Gasteiger partial charge in [0.25, 0.3) is 5.69 Å². The summed E-state index contributed by atoms with van der Waals surface area (Å²) in [5, 5.41) is 26.4. The van der Waals surface area contributed by atoms with Gasteiger partial charge >= 0.3 is 5.69 Å². The SMILES string of the molecule is CC1(C)[C@@H]2CC[C@]1(C)C/C2=N/Nc1ccc([N+](=O)[O-])cc1[N+](=O)[O-]. The third-order valence-corrected chi connectivity index (χ3v) is 6.09. The molecule has 8 heteroatoms. The van der Waals surface area contributed by atoms with E-state index < -0.39 is 9.85 Å². The molecule has 0 aliphatic heterocycles. The molecule has 2 aliphatic carbocycles. The zero-order valence-corrected chi connectivity index (χ0v) is 13.9. The van der Waals surface area contributed by atoms with Crippen LogP contribution in [0.3, 0.4) is 0 Å². The fourth-order valence-electron chi connectivity index (χ4n) is 4.12. The topological polar surface area (TPSA) is 111 Å². The standard InChI is InChI=1S/C16H20N4O4/c1-15(2)11-6-7-16(15,3)9-13(11)18-17-12-5-4-10(19(21)22)8-14(12)20(23)24/h4-5,8,11,17H,6-7,9H2,1-3H3/b18-13-/t11-,16-/m1/s1. The molecule has 2 fully saturated rings. The van der Waals surface area contributed by atoms with Crippen molar-refractivity contribution in [2.45, 2.75) is 40.0 Å². The highest BCUT2D eigenvalue weighted by Gasteiger charge is 2.59. The quantitative estimate of drug-likeness (QED) is 0.658. The van der Waals surface area contributed by atoms with Gasteiger partial charge in [0.15, 0.2) is 0 Å². The molecule has 0 spiro atoms. The maximum Gasteiger partial charge on any atom is 0.301 e. The number of anilines is 1. The Balaban J connectivity index is 1.88. The Kier molecular flexibility index (Phi) is 3.58. The lowest BCUT2D eigenvalue weighted by Gasteiger charge is -2.33. The van der Waals surface area contributed by atoms with Crippen molar-refractivity contribution in [3.05, 3.63) is 38.4 Å². The van der Waals surface area contributed by atoms with Crippen LogP contribution in [-0.2, 0) is 0 Å². The van der Waals surface area contributed by atoms with E-state index in [1.165, 1.54) is 18.6 Å². The number of benzene rings is 1. The lowest BCUT2D eigenvalue weighted by Crippen LogP contribution is -2.26. The van der Waals surface area contributed by atoms with Crippen LogP contribution in [0.1, 0.15) is 40.0 Å². The second-order valence-electron chi connectivity index (χ2n) is 7.48. The number of hydrogen-bond acceptors (Lipinski definition) is 6. The van der Waals surface area contributed by atoms with Crippen molar-refractivity contribution in [3.8, 4) is 0 Å². The zero-order chi connectivity index (χ0) is 17.7. The lowest BCUT2D eigenvalue weighted by atomic mass is 9.71. The van der Waals surface area contributed by atoms with Gasteiger partial charge in [-0.2, -0.15) is 5.10 Å².